The molecule has 0 radical (unpaired) electrons. The Hall–Kier alpha value is -0.930. The summed E-state index contributed by atoms with van der Waals surface area (Å²) < 4.78 is 1.33. The topological polar surface area (TPSA) is 24.9 Å². The summed E-state index contributed by atoms with van der Waals surface area (Å²) in [5.41, 5.74) is 3.01. The molecule has 2 aromatic rings. The van der Waals surface area contributed by atoms with Crippen LogP contribution >= 0.6 is 11.3 Å². The monoisotopic (exact) mass is 302 g/mol. The van der Waals surface area contributed by atoms with Crippen molar-refractivity contribution in [1.29, 1.82) is 0 Å². The van der Waals surface area contributed by atoms with E-state index in [1.165, 1.54) is 35.9 Å². The molecule has 0 saturated heterocycles. The van der Waals surface area contributed by atoms with Crippen LogP contribution in [0.25, 0.3) is 10.2 Å². The summed E-state index contributed by atoms with van der Waals surface area (Å²) in [6.45, 7) is 8.10. The van der Waals surface area contributed by atoms with Crippen LogP contribution in [-0.2, 0) is 0 Å². The van der Waals surface area contributed by atoms with Gasteiger partial charge >= 0.3 is 0 Å². The Labute approximate surface area is 132 Å². The molecule has 0 bridgehead atoms. The number of rotatable bonds is 6. The fraction of sp³-hybridized carbons (Fsp3) is 0.611. The largest absolute Gasteiger partial charge is 0.313 e. The van der Waals surface area contributed by atoms with Crippen LogP contribution in [0.15, 0.2) is 23.7 Å². The molecule has 1 aliphatic rings. The number of hydrogen-bond acceptors (Lipinski definition) is 3. The van der Waals surface area contributed by atoms with Crippen LogP contribution in [0.2, 0.25) is 0 Å². The zero-order valence-electron chi connectivity index (χ0n) is 13.4. The molecule has 2 unspecified atom stereocenters. The number of thiophene rings is 1. The molecular formula is C18H26N2S. The quantitative estimate of drug-likeness (QED) is 0.816. The first kappa shape index (κ1) is 15.0. The zero-order chi connectivity index (χ0) is 14.9. The Bertz CT molecular complexity index is 600. The van der Waals surface area contributed by atoms with Gasteiger partial charge in [-0.05, 0) is 66.6 Å². The van der Waals surface area contributed by atoms with Crippen molar-refractivity contribution in [2.24, 2.45) is 5.41 Å². The van der Waals surface area contributed by atoms with Gasteiger partial charge in [0.25, 0.3) is 0 Å². The Morgan fingerprint density at radius 2 is 2.14 bits per heavy atom. The Balaban J connectivity index is 1.87. The van der Waals surface area contributed by atoms with E-state index in [1.54, 1.807) is 11.3 Å². The van der Waals surface area contributed by atoms with E-state index >= 15 is 0 Å². The van der Waals surface area contributed by atoms with E-state index < -0.39 is 0 Å². The van der Waals surface area contributed by atoms with Gasteiger partial charge in [0, 0.05) is 12.2 Å². The number of hydrogen-bond donors (Lipinski definition) is 1. The van der Waals surface area contributed by atoms with Crippen molar-refractivity contribution in [3.05, 3.63) is 29.3 Å². The van der Waals surface area contributed by atoms with Crippen molar-refractivity contribution in [1.82, 2.24) is 10.3 Å². The first-order chi connectivity index (χ1) is 10.2. The molecule has 21 heavy (non-hydrogen) atoms. The molecule has 1 fully saturated rings. The Kier molecular flexibility index (Phi) is 4.32. The predicted octanol–water partition coefficient (Wildman–Crippen LogP) is 4.96. The van der Waals surface area contributed by atoms with Crippen molar-refractivity contribution in [3.8, 4) is 0 Å². The second kappa shape index (κ2) is 6.05. The third-order valence-corrected chi connectivity index (χ3v) is 6.40. The van der Waals surface area contributed by atoms with Gasteiger partial charge < -0.3 is 5.32 Å². The highest BCUT2D eigenvalue weighted by Crippen LogP contribution is 2.57. The molecule has 0 spiro atoms. The van der Waals surface area contributed by atoms with Crippen molar-refractivity contribution >= 4 is 21.6 Å². The summed E-state index contributed by atoms with van der Waals surface area (Å²) in [5.74, 6) is 0.667. The maximum absolute atomic E-state index is 4.66. The molecule has 3 rings (SSSR count). The molecule has 1 saturated carbocycles. The molecule has 0 amide bonds. The summed E-state index contributed by atoms with van der Waals surface area (Å²) in [6.07, 6.45) is 7.10. The van der Waals surface area contributed by atoms with E-state index in [4.69, 9.17) is 0 Å². The summed E-state index contributed by atoms with van der Waals surface area (Å²) in [6, 6.07) is 5.17. The minimum atomic E-state index is 0.418. The molecule has 1 N–H and O–H groups in total. The van der Waals surface area contributed by atoms with Crippen molar-refractivity contribution in [2.45, 2.75) is 58.4 Å². The average molecular weight is 302 g/mol. The van der Waals surface area contributed by atoms with Crippen molar-refractivity contribution in [3.63, 3.8) is 0 Å². The predicted molar refractivity (Wildman–Crippen MR) is 92.1 cm³/mol. The molecule has 114 valence electrons. The smallest absolute Gasteiger partial charge is 0.0809 e. The van der Waals surface area contributed by atoms with Crippen LogP contribution in [-0.4, -0.2) is 17.6 Å². The van der Waals surface area contributed by atoms with E-state index in [0.717, 1.165) is 12.1 Å². The second-order valence-corrected chi connectivity index (χ2v) is 7.26. The fourth-order valence-corrected chi connectivity index (χ4v) is 4.94. The molecular weight excluding hydrogens is 276 g/mol. The van der Waals surface area contributed by atoms with Gasteiger partial charge in [-0.1, -0.05) is 20.8 Å². The molecule has 0 aliphatic heterocycles. The maximum Gasteiger partial charge on any atom is 0.0809 e. The molecule has 2 nitrogen and oxygen atoms in total. The van der Waals surface area contributed by atoms with Gasteiger partial charge in [0.2, 0.25) is 0 Å². The number of nitrogens with one attached hydrogen (secondary N) is 1. The minimum absolute atomic E-state index is 0.418. The summed E-state index contributed by atoms with van der Waals surface area (Å²) in [4.78, 5) is 4.66. The van der Waals surface area contributed by atoms with E-state index in [2.05, 4.69) is 54.8 Å². The van der Waals surface area contributed by atoms with Gasteiger partial charge in [0.15, 0.2) is 0 Å². The third-order valence-electron chi connectivity index (χ3n) is 5.54. The van der Waals surface area contributed by atoms with Crippen LogP contribution in [0.4, 0.5) is 0 Å². The second-order valence-electron chi connectivity index (χ2n) is 6.31. The zero-order valence-corrected chi connectivity index (χ0v) is 14.2. The van der Waals surface area contributed by atoms with Crippen LogP contribution in [0.3, 0.4) is 0 Å². The number of aromatic nitrogens is 1. The molecule has 2 atom stereocenters. The summed E-state index contributed by atoms with van der Waals surface area (Å²) >= 11 is 1.81. The fourth-order valence-electron chi connectivity index (χ4n) is 4.15. The lowest BCUT2D eigenvalue weighted by Gasteiger charge is -2.56. The highest BCUT2D eigenvalue weighted by atomic mass is 32.1. The van der Waals surface area contributed by atoms with Crippen molar-refractivity contribution in [2.75, 3.05) is 6.54 Å². The van der Waals surface area contributed by atoms with Crippen LogP contribution in [0.1, 0.15) is 57.9 Å². The SMILES string of the molecule is CCCNC1CC(c2cnc3ccsc3c2)C1(CC)CC. The molecule has 1 aliphatic carbocycles. The average Bonchev–Trinajstić information content (AvgIpc) is 2.95. The molecule has 2 aromatic heterocycles. The van der Waals surface area contributed by atoms with Gasteiger partial charge in [-0.3, -0.25) is 4.98 Å². The summed E-state index contributed by atoms with van der Waals surface area (Å²) in [5, 5.41) is 5.92. The van der Waals surface area contributed by atoms with Gasteiger partial charge in [-0.15, -0.1) is 11.3 Å². The third kappa shape index (κ3) is 2.40. The highest BCUT2D eigenvalue weighted by molar-refractivity contribution is 7.17. The lowest BCUT2D eigenvalue weighted by molar-refractivity contribution is 0.0201. The first-order valence-electron chi connectivity index (χ1n) is 8.31. The minimum Gasteiger partial charge on any atom is -0.313 e. The molecule has 2 heterocycles. The lowest BCUT2D eigenvalue weighted by atomic mass is 9.52. The van der Waals surface area contributed by atoms with Crippen molar-refractivity contribution < 1.29 is 0 Å². The van der Waals surface area contributed by atoms with E-state index in [0.29, 0.717) is 17.4 Å². The standard InChI is InChI=1S/C18H26N2S/c1-4-8-19-17-11-14(18(17,5-2)6-3)13-10-16-15(20-12-13)7-9-21-16/h7,9-10,12,14,17,19H,4-6,8,11H2,1-3H3. The van der Waals surface area contributed by atoms with E-state index in [-0.39, 0.29) is 0 Å². The van der Waals surface area contributed by atoms with Gasteiger partial charge in [0.1, 0.15) is 0 Å². The Morgan fingerprint density at radius 3 is 2.86 bits per heavy atom. The van der Waals surface area contributed by atoms with Crippen LogP contribution in [0, 0.1) is 5.41 Å². The number of fused-ring (bicyclic) bond motifs is 1. The van der Waals surface area contributed by atoms with Gasteiger partial charge in [-0.25, -0.2) is 0 Å². The highest BCUT2D eigenvalue weighted by Gasteiger charge is 2.52. The van der Waals surface area contributed by atoms with Gasteiger partial charge in [-0.2, -0.15) is 0 Å². The molecule has 0 aromatic carbocycles. The number of nitrogens with zero attached hydrogens (tertiary/aromatic N) is 1. The van der Waals surface area contributed by atoms with E-state index in [9.17, 15) is 0 Å². The summed E-state index contributed by atoms with van der Waals surface area (Å²) in [7, 11) is 0. The van der Waals surface area contributed by atoms with E-state index in [1.807, 2.05) is 0 Å². The van der Waals surface area contributed by atoms with Crippen LogP contribution in [0.5, 0.6) is 0 Å². The van der Waals surface area contributed by atoms with Gasteiger partial charge in [0.05, 0.1) is 10.2 Å². The normalized spacial score (nSPS) is 24.1. The number of pyridine rings is 1. The molecule has 3 heteroatoms. The lowest BCUT2D eigenvalue weighted by Crippen LogP contribution is -2.58. The Morgan fingerprint density at radius 1 is 1.33 bits per heavy atom. The van der Waals surface area contributed by atoms with Crippen LogP contribution < -0.4 is 5.32 Å². The maximum atomic E-state index is 4.66. The first-order valence-corrected chi connectivity index (χ1v) is 9.19.